The number of pyridine rings is 1. The predicted octanol–water partition coefficient (Wildman–Crippen LogP) is 5.32. The standard InChI is InChI=1S/C22H23ClFN3O2/c1-4-17(13-6-5-7-13)27-18-8-9-25-20(21(18)26-12(2)22(27)28)14-10-16(24)19(29-3)11-15(14)23/h8-11,13,17H,4-7H2,1-3H3/t17-/m0/s1. The first-order valence-electron chi connectivity index (χ1n) is 9.87. The summed E-state index contributed by atoms with van der Waals surface area (Å²) in [7, 11) is 1.39. The van der Waals surface area contributed by atoms with Gasteiger partial charge in [0.15, 0.2) is 11.6 Å². The van der Waals surface area contributed by atoms with Crippen LogP contribution >= 0.6 is 11.6 Å². The van der Waals surface area contributed by atoms with Gasteiger partial charge in [0.1, 0.15) is 11.2 Å². The molecule has 1 aliphatic carbocycles. The van der Waals surface area contributed by atoms with Gasteiger partial charge < -0.3 is 9.30 Å². The number of aromatic nitrogens is 3. The van der Waals surface area contributed by atoms with Crippen LogP contribution < -0.4 is 10.3 Å². The third-order valence-corrected chi connectivity index (χ3v) is 6.22. The molecule has 2 aromatic heterocycles. The number of aryl methyl sites for hydroxylation is 1. The van der Waals surface area contributed by atoms with E-state index >= 15 is 0 Å². The summed E-state index contributed by atoms with van der Waals surface area (Å²) in [6.45, 7) is 3.81. The second-order valence-corrected chi connectivity index (χ2v) is 7.94. The lowest BCUT2D eigenvalue weighted by molar-refractivity contribution is 0.203. The Morgan fingerprint density at radius 3 is 2.76 bits per heavy atom. The van der Waals surface area contributed by atoms with E-state index in [1.807, 2.05) is 10.6 Å². The van der Waals surface area contributed by atoms with Gasteiger partial charge in [-0.2, -0.15) is 0 Å². The molecule has 0 saturated heterocycles. The molecule has 0 N–H and O–H groups in total. The first-order chi connectivity index (χ1) is 14.0. The van der Waals surface area contributed by atoms with Gasteiger partial charge in [0.2, 0.25) is 0 Å². The molecule has 29 heavy (non-hydrogen) atoms. The normalized spacial score (nSPS) is 15.3. The number of ether oxygens (including phenoxy) is 1. The van der Waals surface area contributed by atoms with Gasteiger partial charge >= 0.3 is 0 Å². The minimum absolute atomic E-state index is 0.0658. The number of hydrogen-bond donors (Lipinski definition) is 0. The van der Waals surface area contributed by atoms with Gasteiger partial charge in [-0.25, -0.2) is 9.37 Å². The smallest absolute Gasteiger partial charge is 0.272 e. The van der Waals surface area contributed by atoms with Gasteiger partial charge in [-0.3, -0.25) is 9.78 Å². The van der Waals surface area contributed by atoms with Crippen LogP contribution in [0.25, 0.3) is 22.3 Å². The summed E-state index contributed by atoms with van der Waals surface area (Å²) in [6, 6.07) is 4.65. The molecule has 1 atom stereocenters. The third-order valence-electron chi connectivity index (χ3n) is 5.91. The molecular weight excluding hydrogens is 393 g/mol. The number of halogens is 2. The monoisotopic (exact) mass is 415 g/mol. The van der Waals surface area contributed by atoms with Crippen molar-refractivity contribution in [1.82, 2.24) is 14.5 Å². The molecule has 1 saturated carbocycles. The number of methoxy groups -OCH3 is 1. The first-order valence-corrected chi connectivity index (χ1v) is 10.2. The lowest BCUT2D eigenvalue weighted by Gasteiger charge is -2.35. The average Bonchev–Trinajstić information content (AvgIpc) is 2.67. The lowest BCUT2D eigenvalue weighted by Crippen LogP contribution is -2.34. The van der Waals surface area contributed by atoms with Crippen molar-refractivity contribution < 1.29 is 9.13 Å². The Bertz CT molecular complexity index is 1140. The molecule has 0 amide bonds. The van der Waals surface area contributed by atoms with Gasteiger partial charge in [0, 0.05) is 23.9 Å². The largest absolute Gasteiger partial charge is 0.494 e. The van der Waals surface area contributed by atoms with Crippen LogP contribution in [-0.4, -0.2) is 21.6 Å². The Morgan fingerprint density at radius 2 is 2.14 bits per heavy atom. The van der Waals surface area contributed by atoms with Gasteiger partial charge in [-0.15, -0.1) is 0 Å². The molecule has 5 nitrogen and oxygen atoms in total. The van der Waals surface area contributed by atoms with Crippen molar-refractivity contribution in [3.05, 3.63) is 51.3 Å². The highest BCUT2D eigenvalue weighted by atomic mass is 35.5. The maximum absolute atomic E-state index is 14.4. The van der Waals surface area contributed by atoms with Crippen molar-refractivity contribution in [3.8, 4) is 17.0 Å². The van der Waals surface area contributed by atoms with E-state index in [9.17, 15) is 9.18 Å². The Labute approximate surface area is 173 Å². The second-order valence-electron chi connectivity index (χ2n) is 7.53. The quantitative estimate of drug-likeness (QED) is 0.566. The van der Waals surface area contributed by atoms with E-state index in [1.54, 1.807) is 13.1 Å². The Balaban J connectivity index is 1.99. The summed E-state index contributed by atoms with van der Waals surface area (Å²) in [5.41, 5.74) is 2.44. The van der Waals surface area contributed by atoms with E-state index in [-0.39, 0.29) is 17.4 Å². The molecule has 0 bridgehead atoms. The highest BCUT2D eigenvalue weighted by Crippen LogP contribution is 2.40. The van der Waals surface area contributed by atoms with Crippen LogP contribution in [0, 0.1) is 18.7 Å². The zero-order valence-corrected chi connectivity index (χ0v) is 17.5. The third kappa shape index (κ3) is 3.29. The minimum Gasteiger partial charge on any atom is -0.494 e. The molecule has 2 heterocycles. The fourth-order valence-corrected chi connectivity index (χ4v) is 4.43. The van der Waals surface area contributed by atoms with Gasteiger partial charge in [0.25, 0.3) is 5.56 Å². The summed E-state index contributed by atoms with van der Waals surface area (Å²) in [5, 5.41) is 0.312. The number of nitrogens with zero attached hydrogens (tertiary/aromatic N) is 3. The molecule has 0 radical (unpaired) electrons. The fourth-order valence-electron chi connectivity index (χ4n) is 4.19. The van der Waals surface area contributed by atoms with Crippen LogP contribution in [-0.2, 0) is 0 Å². The van der Waals surface area contributed by atoms with Gasteiger partial charge in [-0.1, -0.05) is 24.9 Å². The number of rotatable bonds is 5. The van der Waals surface area contributed by atoms with Gasteiger partial charge in [0.05, 0.1) is 23.3 Å². The van der Waals surface area contributed by atoms with E-state index in [0.717, 1.165) is 19.3 Å². The molecule has 0 spiro atoms. The molecule has 1 fully saturated rings. The topological polar surface area (TPSA) is 57.0 Å². The first kappa shape index (κ1) is 19.8. The summed E-state index contributed by atoms with van der Waals surface area (Å²) < 4.78 is 21.3. The molecule has 3 aromatic rings. The summed E-state index contributed by atoms with van der Waals surface area (Å²) in [5.74, 6) is 0.0223. The molecule has 1 aromatic carbocycles. The van der Waals surface area contributed by atoms with E-state index in [4.69, 9.17) is 16.3 Å². The Kier molecular flexibility index (Phi) is 5.30. The highest BCUT2D eigenvalue weighted by Gasteiger charge is 2.30. The molecule has 0 aliphatic heterocycles. The maximum Gasteiger partial charge on any atom is 0.272 e. The van der Waals surface area contributed by atoms with Crippen molar-refractivity contribution in [1.29, 1.82) is 0 Å². The van der Waals surface area contributed by atoms with Crippen molar-refractivity contribution in [2.45, 2.75) is 45.6 Å². The van der Waals surface area contributed by atoms with E-state index in [2.05, 4.69) is 16.9 Å². The van der Waals surface area contributed by atoms with Crippen LogP contribution in [0.2, 0.25) is 5.02 Å². The van der Waals surface area contributed by atoms with Crippen LogP contribution in [0.3, 0.4) is 0 Å². The fraction of sp³-hybridized carbons (Fsp3) is 0.409. The van der Waals surface area contributed by atoms with Crippen LogP contribution in [0.15, 0.2) is 29.2 Å². The maximum atomic E-state index is 14.4. The number of hydrogen-bond acceptors (Lipinski definition) is 4. The number of fused-ring (bicyclic) bond motifs is 1. The van der Waals surface area contributed by atoms with Crippen LogP contribution in [0.4, 0.5) is 4.39 Å². The second kappa shape index (κ2) is 7.75. The highest BCUT2D eigenvalue weighted by molar-refractivity contribution is 6.33. The predicted molar refractivity (Wildman–Crippen MR) is 112 cm³/mol. The number of benzene rings is 1. The summed E-state index contributed by atoms with van der Waals surface area (Å²) in [4.78, 5) is 22.0. The summed E-state index contributed by atoms with van der Waals surface area (Å²) >= 11 is 6.41. The van der Waals surface area contributed by atoms with E-state index in [1.165, 1.54) is 25.7 Å². The molecule has 7 heteroatoms. The van der Waals surface area contributed by atoms with Crippen molar-refractivity contribution in [3.63, 3.8) is 0 Å². The summed E-state index contributed by atoms with van der Waals surface area (Å²) in [6.07, 6.45) is 5.93. The minimum atomic E-state index is -0.531. The van der Waals surface area contributed by atoms with Crippen molar-refractivity contribution in [2.24, 2.45) is 5.92 Å². The molecule has 1 aliphatic rings. The molecule has 0 unspecified atom stereocenters. The zero-order chi connectivity index (χ0) is 20.7. The SMILES string of the molecule is CC[C@@H](C1CCC1)n1c(=O)c(C)nc2c(-c3cc(F)c(OC)cc3Cl)nccc21. The van der Waals surface area contributed by atoms with E-state index in [0.29, 0.717) is 38.9 Å². The van der Waals surface area contributed by atoms with Gasteiger partial charge in [-0.05, 0) is 44.2 Å². The Morgan fingerprint density at radius 1 is 1.38 bits per heavy atom. The lowest BCUT2D eigenvalue weighted by atomic mass is 9.78. The van der Waals surface area contributed by atoms with Crippen LogP contribution in [0.5, 0.6) is 5.75 Å². The zero-order valence-electron chi connectivity index (χ0n) is 16.7. The van der Waals surface area contributed by atoms with Crippen LogP contribution in [0.1, 0.15) is 44.3 Å². The average molecular weight is 416 g/mol. The molecule has 4 rings (SSSR count). The van der Waals surface area contributed by atoms with Crippen molar-refractivity contribution in [2.75, 3.05) is 7.11 Å². The molecular formula is C22H23ClFN3O2. The molecule has 152 valence electrons. The van der Waals surface area contributed by atoms with E-state index < -0.39 is 5.82 Å². The Hall–Kier alpha value is -2.47. The van der Waals surface area contributed by atoms with Crippen molar-refractivity contribution >= 4 is 22.6 Å².